The number of benzene rings is 2. The van der Waals surface area contributed by atoms with Crippen molar-refractivity contribution in [2.75, 3.05) is 0 Å². The highest BCUT2D eigenvalue weighted by atomic mass is 32.2. The van der Waals surface area contributed by atoms with Gasteiger partial charge in [0.1, 0.15) is 0 Å². The van der Waals surface area contributed by atoms with Crippen LogP contribution in [-0.2, 0) is 9.84 Å². The van der Waals surface area contributed by atoms with E-state index in [0.29, 0.717) is 0 Å². The first-order valence-corrected chi connectivity index (χ1v) is 9.47. The van der Waals surface area contributed by atoms with E-state index < -0.39 is 21.4 Å². The molecular formula is C18H12N4O5S. The molecule has 9 nitrogen and oxygen atoms in total. The van der Waals surface area contributed by atoms with Gasteiger partial charge in [-0.1, -0.05) is 18.2 Å². The van der Waals surface area contributed by atoms with E-state index in [4.69, 9.17) is 5.11 Å². The number of aromatic amines is 1. The fraction of sp³-hybridized carbons (Fsp3) is 0. The zero-order chi connectivity index (χ0) is 19.9. The van der Waals surface area contributed by atoms with E-state index in [9.17, 15) is 18.0 Å². The molecule has 2 heterocycles. The minimum Gasteiger partial charge on any atom is -0.478 e. The van der Waals surface area contributed by atoms with Crippen molar-refractivity contribution in [1.82, 2.24) is 19.7 Å². The molecule has 2 aromatic carbocycles. The van der Waals surface area contributed by atoms with Gasteiger partial charge in [0.25, 0.3) is 5.56 Å². The predicted molar refractivity (Wildman–Crippen MR) is 98.3 cm³/mol. The van der Waals surface area contributed by atoms with Gasteiger partial charge in [-0.15, -0.1) is 0 Å². The van der Waals surface area contributed by atoms with Crippen LogP contribution in [0, 0.1) is 0 Å². The fourth-order valence-electron chi connectivity index (χ4n) is 2.67. The second kappa shape index (κ2) is 6.43. The van der Waals surface area contributed by atoms with E-state index >= 15 is 0 Å². The summed E-state index contributed by atoms with van der Waals surface area (Å²) < 4.78 is 26.7. The monoisotopic (exact) mass is 396 g/mol. The Balaban J connectivity index is 1.87. The number of nitrogens with zero attached hydrogens (tertiary/aromatic N) is 3. The number of carboxylic acid groups (broad SMARTS) is 1. The maximum Gasteiger partial charge on any atom is 0.338 e. The minimum absolute atomic E-state index is 0.0121. The molecule has 0 saturated carbocycles. The number of sulfone groups is 1. The Kier molecular flexibility index (Phi) is 4.04. The highest BCUT2D eigenvalue weighted by Crippen LogP contribution is 2.23. The summed E-state index contributed by atoms with van der Waals surface area (Å²) in [4.78, 5) is 30.2. The summed E-state index contributed by atoms with van der Waals surface area (Å²) in [5.74, 6) is -1.20. The molecule has 0 atom stereocenters. The van der Waals surface area contributed by atoms with Gasteiger partial charge in [0, 0.05) is 6.20 Å². The summed E-state index contributed by atoms with van der Waals surface area (Å²) in [7, 11) is -3.78. The van der Waals surface area contributed by atoms with E-state index in [1.165, 1.54) is 36.5 Å². The van der Waals surface area contributed by atoms with Crippen molar-refractivity contribution in [3.05, 3.63) is 76.8 Å². The summed E-state index contributed by atoms with van der Waals surface area (Å²) in [6.07, 6.45) is 2.31. The second-order valence-electron chi connectivity index (χ2n) is 5.86. The molecule has 0 bridgehead atoms. The van der Waals surface area contributed by atoms with Crippen LogP contribution < -0.4 is 5.56 Å². The average Bonchev–Trinajstić information content (AvgIpc) is 3.19. The van der Waals surface area contributed by atoms with Crippen LogP contribution in [-0.4, -0.2) is 39.2 Å². The zero-order valence-electron chi connectivity index (χ0n) is 14.1. The Hall–Kier alpha value is -3.79. The van der Waals surface area contributed by atoms with Crippen LogP contribution in [0.25, 0.3) is 16.9 Å². The van der Waals surface area contributed by atoms with Gasteiger partial charge >= 0.3 is 5.97 Å². The summed E-state index contributed by atoms with van der Waals surface area (Å²) in [6.45, 7) is 0. The van der Waals surface area contributed by atoms with Gasteiger partial charge in [-0.2, -0.15) is 5.10 Å². The molecule has 4 aromatic rings. The van der Waals surface area contributed by atoms with E-state index in [1.807, 2.05) is 0 Å². The normalized spacial score (nSPS) is 11.6. The Bertz CT molecular complexity index is 1370. The highest BCUT2D eigenvalue weighted by Gasteiger charge is 2.19. The highest BCUT2D eigenvalue weighted by molar-refractivity contribution is 7.91. The first kappa shape index (κ1) is 17.6. The Morgan fingerprint density at radius 2 is 1.82 bits per heavy atom. The Labute approximate surface area is 157 Å². The van der Waals surface area contributed by atoms with E-state index in [0.717, 1.165) is 10.9 Å². The number of rotatable bonds is 4. The van der Waals surface area contributed by atoms with Crippen LogP contribution >= 0.6 is 0 Å². The number of nitrogens with one attached hydrogen (secondary N) is 1. The molecule has 0 aliphatic carbocycles. The quantitative estimate of drug-likeness (QED) is 0.535. The maximum atomic E-state index is 12.8. The number of fused-ring (bicyclic) bond motifs is 1. The van der Waals surface area contributed by atoms with Gasteiger partial charge in [-0.3, -0.25) is 9.78 Å². The standard InChI is InChI=1S/C18H12N4O5S/c23-16-14-7-6-13(28(26,27)12-4-2-1-3-5-12)8-15(14)20-18(21-16)22-10-11(9-19-22)17(24)25/h1-10H,(H,24,25)(H,20,21,23). The predicted octanol–water partition coefficient (Wildman–Crippen LogP) is 1.64. The smallest absolute Gasteiger partial charge is 0.338 e. The number of carbonyl (C=O) groups is 1. The molecule has 28 heavy (non-hydrogen) atoms. The van der Waals surface area contributed by atoms with Crippen molar-refractivity contribution in [2.24, 2.45) is 0 Å². The van der Waals surface area contributed by atoms with Crippen LogP contribution in [0.3, 0.4) is 0 Å². The minimum atomic E-state index is -3.78. The van der Waals surface area contributed by atoms with E-state index in [-0.39, 0.29) is 32.2 Å². The van der Waals surface area contributed by atoms with Gasteiger partial charge in [0.15, 0.2) is 0 Å². The third-order valence-electron chi connectivity index (χ3n) is 4.08. The molecule has 0 saturated heterocycles. The molecule has 4 rings (SSSR count). The molecule has 0 spiro atoms. The topological polar surface area (TPSA) is 135 Å². The number of hydrogen-bond acceptors (Lipinski definition) is 6. The lowest BCUT2D eigenvalue weighted by Crippen LogP contribution is -2.14. The summed E-state index contributed by atoms with van der Waals surface area (Å²) in [5, 5.41) is 13.0. The van der Waals surface area contributed by atoms with Crippen LogP contribution in [0.15, 0.2) is 75.5 Å². The third kappa shape index (κ3) is 2.95. The molecule has 0 amide bonds. The third-order valence-corrected chi connectivity index (χ3v) is 5.84. The van der Waals surface area contributed by atoms with Gasteiger partial charge in [-0.05, 0) is 30.3 Å². The fourth-order valence-corrected chi connectivity index (χ4v) is 3.97. The molecule has 0 fully saturated rings. The van der Waals surface area contributed by atoms with Crippen molar-refractivity contribution < 1.29 is 18.3 Å². The average molecular weight is 396 g/mol. The van der Waals surface area contributed by atoms with Crippen molar-refractivity contribution in [2.45, 2.75) is 9.79 Å². The number of hydrogen-bond donors (Lipinski definition) is 2. The molecular weight excluding hydrogens is 384 g/mol. The maximum absolute atomic E-state index is 12.8. The molecule has 0 aliphatic heterocycles. The SMILES string of the molecule is O=C(O)c1cnn(-c2nc3cc(S(=O)(=O)c4ccccc4)ccc3c(=O)[nH]2)c1. The molecule has 10 heteroatoms. The largest absolute Gasteiger partial charge is 0.478 e. The van der Waals surface area contributed by atoms with Gasteiger partial charge in [0.05, 0.1) is 32.5 Å². The lowest BCUT2D eigenvalue weighted by molar-refractivity contribution is 0.0697. The first-order valence-electron chi connectivity index (χ1n) is 7.99. The van der Waals surface area contributed by atoms with Crippen molar-refractivity contribution in [3.8, 4) is 5.95 Å². The lowest BCUT2D eigenvalue weighted by Gasteiger charge is -2.07. The number of aromatic carboxylic acids is 1. The van der Waals surface area contributed by atoms with Crippen LogP contribution in [0.5, 0.6) is 0 Å². The van der Waals surface area contributed by atoms with Crippen LogP contribution in [0.4, 0.5) is 0 Å². The number of aromatic nitrogens is 4. The molecule has 0 unspecified atom stereocenters. The zero-order valence-corrected chi connectivity index (χ0v) is 14.9. The molecule has 2 aromatic heterocycles. The van der Waals surface area contributed by atoms with Crippen molar-refractivity contribution in [3.63, 3.8) is 0 Å². The first-order chi connectivity index (χ1) is 13.4. The van der Waals surface area contributed by atoms with Crippen molar-refractivity contribution in [1.29, 1.82) is 0 Å². The van der Waals surface area contributed by atoms with E-state index in [2.05, 4.69) is 15.1 Å². The molecule has 0 radical (unpaired) electrons. The summed E-state index contributed by atoms with van der Waals surface area (Å²) in [5.41, 5.74) is -0.442. The van der Waals surface area contributed by atoms with Gasteiger partial charge in [-0.25, -0.2) is 22.9 Å². The van der Waals surface area contributed by atoms with Crippen LogP contribution in [0.2, 0.25) is 0 Å². The van der Waals surface area contributed by atoms with Crippen molar-refractivity contribution >= 4 is 26.7 Å². The summed E-state index contributed by atoms with van der Waals surface area (Å²) >= 11 is 0. The number of carboxylic acids is 1. The summed E-state index contributed by atoms with van der Waals surface area (Å²) in [6, 6.07) is 11.9. The van der Waals surface area contributed by atoms with Gasteiger partial charge < -0.3 is 5.11 Å². The van der Waals surface area contributed by atoms with E-state index in [1.54, 1.807) is 18.2 Å². The molecule has 0 aliphatic rings. The molecule has 140 valence electrons. The Morgan fingerprint density at radius 1 is 1.07 bits per heavy atom. The second-order valence-corrected chi connectivity index (χ2v) is 7.81. The Morgan fingerprint density at radius 3 is 2.50 bits per heavy atom. The van der Waals surface area contributed by atoms with Gasteiger partial charge in [0.2, 0.25) is 15.8 Å². The number of H-pyrrole nitrogens is 1. The van der Waals surface area contributed by atoms with Crippen LogP contribution in [0.1, 0.15) is 10.4 Å². The molecule has 2 N–H and O–H groups in total. The lowest BCUT2D eigenvalue weighted by atomic mass is 10.2.